The van der Waals surface area contributed by atoms with E-state index in [0.29, 0.717) is 23.6 Å². The van der Waals surface area contributed by atoms with Crippen LogP contribution in [0.25, 0.3) is 11.0 Å². The molecule has 4 aromatic heterocycles. The fourth-order valence-electron chi connectivity index (χ4n) is 2.81. The molecule has 0 aliphatic heterocycles. The van der Waals surface area contributed by atoms with Crippen molar-refractivity contribution in [2.45, 2.75) is 20.4 Å². The second-order valence-corrected chi connectivity index (χ2v) is 7.13. The summed E-state index contributed by atoms with van der Waals surface area (Å²) in [5, 5.41) is 10.1. The highest BCUT2D eigenvalue weighted by Gasteiger charge is 2.16. The molecule has 1 amide bonds. The molecule has 0 fully saturated rings. The maximum atomic E-state index is 12.8. The summed E-state index contributed by atoms with van der Waals surface area (Å²) in [6, 6.07) is 9.58. The van der Waals surface area contributed by atoms with Crippen molar-refractivity contribution in [3.05, 3.63) is 69.8 Å². The first kappa shape index (κ1) is 16.4. The third-order valence-corrected chi connectivity index (χ3v) is 4.89. The number of nitrogens with zero attached hydrogens (tertiary/aromatic N) is 4. The van der Waals surface area contributed by atoms with Gasteiger partial charge in [0.25, 0.3) is 5.91 Å². The fraction of sp³-hybridized carbons (Fsp3) is 0.158. The SMILES string of the molecule is Cc1ccnc(NC(=O)c2cc(C)nc3c2cnn3Cc2cccs2)c1. The number of rotatable bonds is 4. The minimum atomic E-state index is -0.214. The van der Waals surface area contributed by atoms with Crippen molar-refractivity contribution in [3.63, 3.8) is 0 Å². The summed E-state index contributed by atoms with van der Waals surface area (Å²) in [4.78, 5) is 22.8. The van der Waals surface area contributed by atoms with Crippen molar-refractivity contribution in [2.24, 2.45) is 0 Å². The monoisotopic (exact) mass is 363 g/mol. The van der Waals surface area contributed by atoms with Crippen LogP contribution in [0.4, 0.5) is 5.82 Å². The van der Waals surface area contributed by atoms with E-state index in [1.807, 2.05) is 42.1 Å². The molecule has 0 unspecified atom stereocenters. The lowest BCUT2D eigenvalue weighted by atomic mass is 10.1. The predicted molar refractivity (Wildman–Crippen MR) is 103 cm³/mol. The summed E-state index contributed by atoms with van der Waals surface area (Å²) in [5.74, 6) is 0.317. The van der Waals surface area contributed by atoms with Crippen LogP contribution in [0.1, 0.15) is 26.5 Å². The van der Waals surface area contributed by atoms with E-state index in [1.54, 1.807) is 29.8 Å². The number of aryl methyl sites for hydroxylation is 2. The van der Waals surface area contributed by atoms with Gasteiger partial charge in [-0.25, -0.2) is 14.6 Å². The molecule has 4 heterocycles. The van der Waals surface area contributed by atoms with Gasteiger partial charge in [0.15, 0.2) is 5.65 Å². The lowest BCUT2D eigenvalue weighted by Crippen LogP contribution is -2.14. The number of hydrogen-bond donors (Lipinski definition) is 1. The van der Waals surface area contributed by atoms with Gasteiger partial charge >= 0.3 is 0 Å². The first-order valence-electron chi connectivity index (χ1n) is 8.20. The maximum absolute atomic E-state index is 12.8. The molecule has 0 bridgehead atoms. The molecular weight excluding hydrogens is 346 g/mol. The largest absolute Gasteiger partial charge is 0.307 e. The third-order valence-electron chi connectivity index (χ3n) is 4.02. The number of thiophene rings is 1. The van der Waals surface area contributed by atoms with Crippen LogP contribution in [0, 0.1) is 13.8 Å². The van der Waals surface area contributed by atoms with Gasteiger partial charge in [0.05, 0.1) is 23.7 Å². The van der Waals surface area contributed by atoms with Crippen molar-refractivity contribution < 1.29 is 4.79 Å². The van der Waals surface area contributed by atoms with Gasteiger partial charge in [-0.15, -0.1) is 11.3 Å². The molecule has 130 valence electrons. The van der Waals surface area contributed by atoms with Crippen LogP contribution >= 0.6 is 11.3 Å². The lowest BCUT2D eigenvalue weighted by molar-refractivity contribution is 0.102. The Morgan fingerprint density at radius 3 is 2.92 bits per heavy atom. The van der Waals surface area contributed by atoms with Crippen LogP contribution < -0.4 is 5.32 Å². The van der Waals surface area contributed by atoms with Gasteiger partial charge in [-0.1, -0.05) is 6.07 Å². The number of carbonyl (C=O) groups excluding carboxylic acids is 1. The summed E-state index contributed by atoms with van der Waals surface area (Å²) >= 11 is 1.67. The molecule has 0 aliphatic rings. The zero-order chi connectivity index (χ0) is 18.1. The summed E-state index contributed by atoms with van der Waals surface area (Å²) in [6.45, 7) is 4.47. The highest BCUT2D eigenvalue weighted by molar-refractivity contribution is 7.09. The summed E-state index contributed by atoms with van der Waals surface area (Å²) < 4.78 is 1.83. The van der Waals surface area contributed by atoms with Crippen LogP contribution in [0.2, 0.25) is 0 Å². The van der Waals surface area contributed by atoms with Crippen LogP contribution in [-0.4, -0.2) is 25.7 Å². The number of nitrogens with one attached hydrogen (secondary N) is 1. The summed E-state index contributed by atoms with van der Waals surface area (Å²) in [5.41, 5.74) is 3.07. The van der Waals surface area contributed by atoms with Gasteiger partial charge in [0.2, 0.25) is 0 Å². The van der Waals surface area contributed by atoms with E-state index >= 15 is 0 Å². The topological polar surface area (TPSA) is 72.7 Å². The number of pyridine rings is 2. The molecule has 26 heavy (non-hydrogen) atoms. The summed E-state index contributed by atoms with van der Waals surface area (Å²) in [7, 11) is 0. The normalized spacial score (nSPS) is 11.0. The molecule has 6 nitrogen and oxygen atoms in total. The van der Waals surface area contributed by atoms with Crippen molar-refractivity contribution >= 4 is 34.1 Å². The van der Waals surface area contributed by atoms with E-state index in [0.717, 1.165) is 16.6 Å². The van der Waals surface area contributed by atoms with E-state index in [2.05, 4.69) is 26.4 Å². The van der Waals surface area contributed by atoms with Crippen LogP contribution in [0.15, 0.2) is 48.1 Å². The number of fused-ring (bicyclic) bond motifs is 1. The van der Waals surface area contributed by atoms with Crippen molar-refractivity contribution in [2.75, 3.05) is 5.32 Å². The highest BCUT2D eigenvalue weighted by Crippen LogP contribution is 2.21. The number of anilines is 1. The van der Waals surface area contributed by atoms with E-state index in [1.165, 1.54) is 4.88 Å². The van der Waals surface area contributed by atoms with Crippen molar-refractivity contribution in [3.8, 4) is 0 Å². The fourth-order valence-corrected chi connectivity index (χ4v) is 3.50. The molecule has 4 rings (SSSR count). The molecule has 0 radical (unpaired) electrons. The Kier molecular flexibility index (Phi) is 4.22. The molecule has 0 aliphatic carbocycles. The Hall–Kier alpha value is -3.06. The van der Waals surface area contributed by atoms with Crippen LogP contribution in [0.3, 0.4) is 0 Å². The Labute approximate surface area is 154 Å². The first-order valence-corrected chi connectivity index (χ1v) is 9.07. The maximum Gasteiger partial charge on any atom is 0.257 e. The average Bonchev–Trinajstić information content (AvgIpc) is 3.25. The molecule has 0 spiro atoms. The zero-order valence-corrected chi connectivity index (χ0v) is 15.2. The minimum absolute atomic E-state index is 0.214. The van der Waals surface area contributed by atoms with Crippen molar-refractivity contribution in [1.82, 2.24) is 19.7 Å². The van der Waals surface area contributed by atoms with Gasteiger partial charge in [0.1, 0.15) is 5.82 Å². The molecule has 0 aromatic carbocycles. The van der Waals surface area contributed by atoms with E-state index in [-0.39, 0.29) is 5.91 Å². The molecule has 4 aromatic rings. The quantitative estimate of drug-likeness (QED) is 0.598. The third kappa shape index (κ3) is 3.21. The zero-order valence-electron chi connectivity index (χ0n) is 14.4. The number of hydrogen-bond acceptors (Lipinski definition) is 5. The van der Waals surface area contributed by atoms with Crippen LogP contribution in [-0.2, 0) is 6.54 Å². The molecule has 7 heteroatoms. The summed E-state index contributed by atoms with van der Waals surface area (Å²) in [6.07, 6.45) is 3.38. The van der Waals surface area contributed by atoms with Gasteiger partial charge in [-0.2, -0.15) is 5.10 Å². The molecule has 0 saturated carbocycles. The standard InChI is InChI=1S/C19H17N5OS/c1-12-5-6-20-17(8-12)23-19(25)15-9-13(2)22-18-16(15)10-21-24(18)11-14-4-3-7-26-14/h3-10H,11H2,1-2H3,(H,20,23,25). The molecule has 1 N–H and O–H groups in total. The number of carbonyl (C=O) groups is 1. The van der Waals surface area contributed by atoms with Gasteiger partial charge in [0, 0.05) is 16.8 Å². The molecule has 0 saturated heterocycles. The first-order chi connectivity index (χ1) is 12.6. The Morgan fingerprint density at radius 1 is 1.27 bits per heavy atom. The second-order valence-electron chi connectivity index (χ2n) is 6.10. The Balaban J connectivity index is 1.70. The highest BCUT2D eigenvalue weighted by atomic mass is 32.1. The van der Waals surface area contributed by atoms with Gasteiger partial charge in [-0.05, 0) is 49.1 Å². The molecule has 0 atom stereocenters. The Bertz CT molecular complexity index is 1080. The minimum Gasteiger partial charge on any atom is -0.307 e. The molecular formula is C19H17N5OS. The Morgan fingerprint density at radius 2 is 2.15 bits per heavy atom. The van der Waals surface area contributed by atoms with E-state index in [4.69, 9.17) is 0 Å². The van der Waals surface area contributed by atoms with E-state index in [9.17, 15) is 4.79 Å². The van der Waals surface area contributed by atoms with E-state index < -0.39 is 0 Å². The van der Waals surface area contributed by atoms with Gasteiger partial charge < -0.3 is 5.32 Å². The average molecular weight is 363 g/mol. The predicted octanol–water partition coefficient (Wildman–Crippen LogP) is 3.81. The smallest absolute Gasteiger partial charge is 0.257 e. The number of aromatic nitrogens is 4. The van der Waals surface area contributed by atoms with Crippen molar-refractivity contribution in [1.29, 1.82) is 0 Å². The second kappa shape index (κ2) is 6.68. The van der Waals surface area contributed by atoms with Crippen LogP contribution in [0.5, 0.6) is 0 Å². The van der Waals surface area contributed by atoms with Gasteiger partial charge in [-0.3, -0.25) is 4.79 Å². The number of amides is 1. The lowest BCUT2D eigenvalue weighted by Gasteiger charge is -2.08.